The fourth-order valence-electron chi connectivity index (χ4n) is 6.83. The van der Waals surface area contributed by atoms with Gasteiger partial charge in [-0.05, 0) is 25.7 Å². The van der Waals surface area contributed by atoms with Crippen molar-refractivity contribution in [2.45, 2.75) is 224 Å². The normalized spacial score (nSPS) is 20.6. The lowest BCUT2D eigenvalue weighted by Gasteiger charge is -2.40. The second kappa shape index (κ2) is 33.4. The van der Waals surface area contributed by atoms with E-state index in [1.54, 1.807) is 0 Å². The number of aliphatic hydroxyl groups is 3. The summed E-state index contributed by atoms with van der Waals surface area (Å²) in [5, 5.41) is 30.8. The third kappa shape index (κ3) is 28.4. The molecular weight excluding hydrogens is 729 g/mol. The van der Waals surface area contributed by atoms with Crippen molar-refractivity contribution in [3.05, 3.63) is 12.7 Å². The summed E-state index contributed by atoms with van der Waals surface area (Å²) in [5.41, 5.74) is 0. The first-order valence-electron chi connectivity index (χ1n) is 21.7. The second-order valence-corrected chi connectivity index (χ2v) is 17.0. The van der Waals surface area contributed by atoms with Crippen LogP contribution in [0.4, 0.5) is 0 Å². The van der Waals surface area contributed by atoms with E-state index < -0.39 is 71.2 Å². The number of ether oxygens (including phenoxy) is 4. The van der Waals surface area contributed by atoms with Gasteiger partial charge in [0.05, 0.1) is 6.61 Å². The molecule has 13 heteroatoms. The van der Waals surface area contributed by atoms with Gasteiger partial charge in [0.25, 0.3) is 10.1 Å². The topological polar surface area (TPSA) is 186 Å². The fraction of sp³-hybridized carbons (Fsp3) is 0.905. The molecule has 0 amide bonds. The second-order valence-electron chi connectivity index (χ2n) is 15.5. The SMILES string of the molecule is C=CCCCCCCCCCCCCCCCC(=O)O[C@H](COC(=O)CCCCCCCCCCCCCC)CO[C@H]1O[C@H](CS(=O)(=O)O)[C@@H](O)C(O)C1O. The Morgan fingerprint density at radius 1 is 0.636 bits per heavy atom. The van der Waals surface area contributed by atoms with E-state index in [9.17, 15) is 37.9 Å². The van der Waals surface area contributed by atoms with Crippen molar-refractivity contribution in [3.8, 4) is 0 Å². The van der Waals surface area contributed by atoms with Crippen molar-refractivity contribution >= 4 is 22.1 Å². The number of aliphatic hydroxyl groups excluding tert-OH is 3. The maximum Gasteiger partial charge on any atom is 0.306 e. The molecule has 55 heavy (non-hydrogen) atoms. The van der Waals surface area contributed by atoms with E-state index in [1.807, 2.05) is 6.08 Å². The lowest BCUT2D eigenvalue weighted by Crippen LogP contribution is -2.60. The highest BCUT2D eigenvalue weighted by atomic mass is 32.2. The van der Waals surface area contributed by atoms with Gasteiger partial charge in [0.2, 0.25) is 0 Å². The van der Waals surface area contributed by atoms with Crippen LogP contribution in [0.5, 0.6) is 0 Å². The molecule has 0 radical (unpaired) electrons. The minimum Gasteiger partial charge on any atom is -0.462 e. The number of hydrogen-bond acceptors (Lipinski definition) is 11. The Morgan fingerprint density at radius 2 is 1.07 bits per heavy atom. The number of carbonyl (C=O) groups excluding carboxylic acids is 2. The first-order valence-corrected chi connectivity index (χ1v) is 23.3. The summed E-state index contributed by atoms with van der Waals surface area (Å²) in [6.07, 6.45) is 22.9. The van der Waals surface area contributed by atoms with Crippen LogP contribution in [0.15, 0.2) is 12.7 Å². The highest BCUT2D eigenvalue weighted by Crippen LogP contribution is 2.24. The van der Waals surface area contributed by atoms with E-state index in [0.717, 1.165) is 44.9 Å². The zero-order valence-electron chi connectivity index (χ0n) is 34.1. The van der Waals surface area contributed by atoms with Crippen molar-refractivity contribution in [3.63, 3.8) is 0 Å². The number of carbonyl (C=O) groups is 2. The van der Waals surface area contributed by atoms with Gasteiger partial charge < -0.3 is 34.3 Å². The zero-order valence-corrected chi connectivity index (χ0v) is 34.9. The van der Waals surface area contributed by atoms with Crippen LogP contribution in [0.1, 0.15) is 187 Å². The number of esters is 2. The smallest absolute Gasteiger partial charge is 0.306 e. The highest BCUT2D eigenvalue weighted by molar-refractivity contribution is 7.85. The summed E-state index contributed by atoms with van der Waals surface area (Å²) in [4.78, 5) is 25.3. The first-order chi connectivity index (χ1) is 26.5. The van der Waals surface area contributed by atoms with Crippen molar-refractivity contribution in [2.75, 3.05) is 19.0 Å². The third-order valence-corrected chi connectivity index (χ3v) is 11.0. The Hall–Kier alpha value is -1.61. The fourth-order valence-corrected chi connectivity index (χ4v) is 7.52. The van der Waals surface area contributed by atoms with E-state index in [4.69, 9.17) is 18.9 Å². The molecular formula is C42H78O12S. The van der Waals surface area contributed by atoms with Gasteiger partial charge in [0, 0.05) is 12.8 Å². The minimum atomic E-state index is -4.60. The van der Waals surface area contributed by atoms with Crippen LogP contribution in [-0.4, -0.2) is 96.0 Å². The van der Waals surface area contributed by atoms with Gasteiger partial charge in [-0.25, -0.2) is 0 Å². The highest BCUT2D eigenvalue weighted by Gasteiger charge is 2.46. The molecule has 0 aromatic rings. The molecule has 1 heterocycles. The lowest BCUT2D eigenvalue weighted by atomic mass is 10.00. The third-order valence-electron chi connectivity index (χ3n) is 10.2. The summed E-state index contributed by atoms with van der Waals surface area (Å²) < 4.78 is 54.0. The van der Waals surface area contributed by atoms with Crippen molar-refractivity contribution < 1.29 is 56.8 Å². The average Bonchev–Trinajstić information content (AvgIpc) is 3.14. The van der Waals surface area contributed by atoms with Crippen LogP contribution < -0.4 is 0 Å². The Morgan fingerprint density at radius 3 is 1.53 bits per heavy atom. The molecule has 0 aliphatic carbocycles. The lowest BCUT2D eigenvalue weighted by molar-refractivity contribution is -0.297. The molecule has 2 unspecified atom stereocenters. The molecule has 0 saturated carbocycles. The van der Waals surface area contributed by atoms with E-state index in [2.05, 4.69) is 13.5 Å². The molecule has 1 aliphatic heterocycles. The van der Waals surface area contributed by atoms with Gasteiger partial charge in [-0.15, -0.1) is 6.58 Å². The van der Waals surface area contributed by atoms with Gasteiger partial charge in [-0.1, -0.05) is 154 Å². The molecule has 0 bridgehead atoms. The number of hydrogen-bond donors (Lipinski definition) is 4. The molecule has 0 spiro atoms. The monoisotopic (exact) mass is 807 g/mol. The quantitative estimate of drug-likeness (QED) is 0.0204. The zero-order chi connectivity index (χ0) is 40.6. The molecule has 1 saturated heterocycles. The predicted molar refractivity (Wildman–Crippen MR) is 215 cm³/mol. The summed E-state index contributed by atoms with van der Waals surface area (Å²) in [6.45, 7) is 5.28. The van der Waals surface area contributed by atoms with Crippen LogP contribution in [0.3, 0.4) is 0 Å². The Kier molecular flexibility index (Phi) is 31.2. The molecule has 0 aromatic carbocycles. The van der Waals surface area contributed by atoms with Crippen LogP contribution in [0.25, 0.3) is 0 Å². The van der Waals surface area contributed by atoms with E-state index in [0.29, 0.717) is 12.8 Å². The number of allylic oxidation sites excluding steroid dienone is 1. The van der Waals surface area contributed by atoms with Crippen LogP contribution in [0.2, 0.25) is 0 Å². The minimum absolute atomic E-state index is 0.167. The Balaban J connectivity index is 2.45. The Bertz CT molecular complexity index is 1070. The molecule has 1 fully saturated rings. The molecule has 6 atom stereocenters. The summed E-state index contributed by atoms with van der Waals surface area (Å²) in [6, 6.07) is 0. The van der Waals surface area contributed by atoms with Gasteiger partial charge in [0.15, 0.2) is 12.4 Å². The number of unbranched alkanes of at least 4 members (excludes halogenated alkanes) is 24. The summed E-state index contributed by atoms with van der Waals surface area (Å²) in [7, 11) is -4.60. The summed E-state index contributed by atoms with van der Waals surface area (Å²) >= 11 is 0. The van der Waals surface area contributed by atoms with Crippen molar-refractivity contribution in [1.29, 1.82) is 0 Å². The van der Waals surface area contributed by atoms with Gasteiger partial charge >= 0.3 is 11.9 Å². The van der Waals surface area contributed by atoms with E-state index >= 15 is 0 Å². The van der Waals surface area contributed by atoms with Crippen molar-refractivity contribution in [2.24, 2.45) is 0 Å². The largest absolute Gasteiger partial charge is 0.462 e. The van der Waals surface area contributed by atoms with Crippen LogP contribution >= 0.6 is 0 Å². The molecule has 12 nitrogen and oxygen atoms in total. The van der Waals surface area contributed by atoms with E-state index in [-0.39, 0.29) is 19.4 Å². The molecule has 0 aromatic heterocycles. The van der Waals surface area contributed by atoms with Crippen LogP contribution in [0, 0.1) is 0 Å². The summed E-state index contributed by atoms with van der Waals surface area (Å²) in [5.74, 6) is -1.97. The molecule has 324 valence electrons. The Labute approximate surface area is 333 Å². The predicted octanol–water partition coefficient (Wildman–Crippen LogP) is 8.28. The number of rotatable bonds is 37. The molecule has 1 rings (SSSR count). The molecule has 1 aliphatic rings. The molecule has 4 N–H and O–H groups in total. The van der Waals surface area contributed by atoms with E-state index in [1.165, 1.54) is 109 Å². The van der Waals surface area contributed by atoms with Crippen molar-refractivity contribution in [1.82, 2.24) is 0 Å². The van der Waals surface area contributed by atoms with Gasteiger partial charge in [-0.2, -0.15) is 8.42 Å². The standard InChI is InChI=1S/C42H78O12S/c1-3-5-7-9-11-13-15-17-18-19-21-23-25-27-29-31-38(44)53-35(33-52-42-41(47)40(46)39(45)36(54-42)34-55(48,49)50)32-51-37(43)30-28-26-24-22-20-16-14-12-10-8-6-4-2/h3,35-36,39-42,45-47H,1,4-34H2,2H3,(H,48,49,50)/t35-,36-,39-,40?,41?,42+/m1/s1. The maximum absolute atomic E-state index is 12.8. The maximum atomic E-state index is 12.8. The van der Waals surface area contributed by atoms with Gasteiger partial charge in [-0.3, -0.25) is 14.1 Å². The van der Waals surface area contributed by atoms with Crippen LogP contribution in [-0.2, 0) is 38.7 Å². The average molecular weight is 807 g/mol. The van der Waals surface area contributed by atoms with Gasteiger partial charge in [0.1, 0.15) is 36.8 Å². The first kappa shape index (κ1) is 51.4.